The van der Waals surface area contributed by atoms with Crippen LogP contribution >= 0.6 is 0 Å². The van der Waals surface area contributed by atoms with Gasteiger partial charge in [0, 0.05) is 38.3 Å². The average Bonchev–Trinajstić information content (AvgIpc) is 2.62. The molecule has 1 fully saturated rings. The fraction of sp³-hybridized carbons (Fsp3) is 0.611. The fourth-order valence-electron chi connectivity index (χ4n) is 2.72. The maximum atomic E-state index is 12.0. The third-order valence-electron chi connectivity index (χ3n) is 4.64. The van der Waals surface area contributed by atoms with Crippen molar-refractivity contribution in [2.45, 2.75) is 25.8 Å². The molecule has 0 unspecified atom stereocenters. The number of guanidine groups is 1. The highest BCUT2D eigenvalue weighted by Crippen LogP contribution is 2.25. The van der Waals surface area contributed by atoms with Crippen molar-refractivity contribution in [1.82, 2.24) is 15.4 Å². The van der Waals surface area contributed by atoms with Gasteiger partial charge in [-0.25, -0.2) is 13.1 Å². The van der Waals surface area contributed by atoms with Crippen LogP contribution in [-0.2, 0) is 16.6 Å². The summed E-state index contributed by atoms with van der Waals surface area (Å²) in [6.07, 6.45) is 3.44. The molecule has 0 saturated heterocycles. The van der Waals surface area contributed by atoms with Gasteiger partial charge in [0.15, 0.2) is 5.96 Å². The Labute approximate surface area is 161 Å². The Morgan fingerprint density at radius 2 is 2.00 bits per heavy atom. The lowest BCUT2D eigenvalue weighted by Crippen LogP contribution is -2.41. The molecule has 0 aliphatic heterocycles. The van der Waals surface area contributed by atoms with Crippen LogP contribution in [0.25, 0.3) is 0 Å². The van der Waals surface area contributed by atoms with E-state index >= 15 is 0 Å². The highest BCUT2D eigenvalue weighted by molar-refractivity contribution is 7.89. The molecule has 1 saturated carbocycles. The fourth-order valence-corrected chi connectivity index (χ4v) is 3.72. The number of hydrogen-bond acceptors (Lipinski definition) is 5. The van der Waals surface area contributed by atoms with Gasteiger partial charge in [0.05, 0.1) is 20.0 Å². The number of methoxy groups -OCH3 is 2. The number of nitrogens with zero attached hydrogens (tertiary/aromatic N) is 1. The number of hydrogen-bond donors (Lipinski definition) is 3. The molecule has 9 heteroatoms. The van der Waals surface area contributed by atoms with Crippen LogP contribution in [-0.4, -0.2) is 54.5 Å². The Balaban J connectivity index is 1.77. The third-order valence-corrected chi connectivity index (χ3v) is 5.99. The minimum absolute atomic E-state index is 0.00623. The predicted octanol–water partition coefficient (Wildman–Crippen LogP) is 1.09. The van der Waals surface area contributed by atoms with Crippen LogP contribution in [0.15, 0.2) is 23.2 Å². The van der Waals surface area contributed by atoms with E-state index in [2.05, 4.69) is 20.3 Å². The zero-order valence-corrected chi connectivity index (χ0v) is 17.1. The van der Waals surface area contributed by atoms with Crippen molar-refractivity contribution in [3.63, 3.8) is 0 Å². The van der Waals surface area contributed by atoms with Crippen molar-refractivity contribution >= 4 is 16.0 Å². The summed E-state index contributed by atoms with van der Waals surface area (Å²) >= 11 is 0. The highest BCUT2D eigenvalue weighted by Gasteiger charge is 2.20. The summed E-state index contributed by atoms with van der Waals surface area (Å²) in [5, 5.41) is 6.18. The molecule has 1 aromatic carbocycles. The molecule has 0 atom stereocenters. The second-order valence-corrected chi connectivity index (χ2v) is 8.42. The first-order valence-electron chi connectivity index (χ1n) is 9.10. The van der Waals surface area contributed by atoms with E-state index in [1.54, 1.807) is 21.3 Å². The summed E-state index contributed by atoms with van der Waals surface area (Å²) < 4.78 is 37.3. The van der Waals surface area contributed by atoms with E-state index in [9.17, 15) is 8.42 Å². The predicted molar refractivity (Wildman–Crippen MR) is 107 cm³/mol. The van der Waals surface area contributed by atoms with Gasteiger partial charge in [0.25, 0.3) is 0 Å². The van der Waals surface area contributed by atoms with Crippen molar-refractivity contribution in [2.24, 2.45) is 10.9 Å². The largest absolute Gasteiger partial charge is 0.497 e. The lowest BCUT2D eigenvalue weighted by atomic mass is 9.86. The first kappa shape index (κ1) is 21.3. The molecule has 2 rings (SSSR count). The Morgan fingerprint density at radius 3 is 2.59 bits per heavy atom. The zero-order valence-electron chi connectivity index (χ0n) is 16.2. The third kappa shape index (κ3) is 6.91. The molecule has 0 aromatic heterocycles. The molecule has 1 aliphatic carbocycles. The van der Waals surface area contributed by atoms with Gasteiger partial charge in [0.1, 0.15) is 11.5 Å². The molecule has 0 amide bonds. The van der Waals surface area contributed by atoms with Gasteiger partial charge in [0.2, 0.25) is 10.0 Å². The summed E-state index contributed by atoms with van der Waals surface area (Å²) in [6.45, 7) is 1.31. The van der Waals surface area contributed by atoms with E-state index < -0.39 is 10.0 Å². The Morgan fingerprint density at radius 1 is 1.22 bits per heavy atom. The van der Waals surface area contributed by atoms with Crippen molar-refractivity contribution in [3.8, 4) is 11.5 Å². The van der Waals surface area contributed by atoms with Crippen molar-refractivity contribution in [3.05, 3.63) is 23.8 Å². The molecule has 27 heavy (non-hydrogen) atoms. The summed E-state index contributed by atoms with van der Waals surface area (Å²) in [6, 6.07) is 5.58. The number of rotatable bonds is 10. The zero-order chi connectivity index (χ0) is 19.7. The number of ether oxygens (including phenoxy) is 2. The summed E-state index contributed by atoms with van der Waals surface area (Å²) in [4.78, 5) is 4.12. The van der Waals surface area contributed by atoms with Crippen molar-refractivity contribution in [2.75, 3.05) is 40.1 Å². The summed E-state index contributed by atoms with van der Waals surface area (Å²) in [7, 11) is 1.58. The monoisotopic (exact) mass is 398 g/mol. The van der Waals surface area contributed by atoms with Gasteiger partial charge < -0.3 is 20.1 Å². The minimum Gasteiger partial charge on any atom is -0.497 e. The number of nitrogens with one attached hydrogen (secondary N) is 3. The van der Waals surface area contributed by atoms with Gasteiger partial charge in [-0.15, -0.1) is 0 Å². The molecule has 0 radical (unpaired) electrons. The SMILES string of the molecule is CN=C(NCCS(=O)(=O)NCC1CCC1)NCc1ccc(OC)cc1OC. The normalized spacial score (nSPS) is 15.1. The standard InChI is InChI=1S/C18H30N4O4S/c1-19-18(20-9-10-27(23,24)22-12-14-5-4-6-14)21-13-15-7-8-16(25-2)11-17(15)26-3/h7-8,11,14,22H,4-6,9-10,12-13H2,1-3H3,(H2,19,20,21). The van der Waals surface area contributed by atoms with Crippen molar-refractivity contribution in [1.29, 1.82) is 0 Å². The van der Waals surface area contributed by atoms with Crippen LogP contribution in [0.3, 0.4) is 0 Å². The van der Waals surface area contributed by atoms with Crippen LogP contribution in [0, 0.1) is 5.92 Å². The second-order valence-electron chi connectivity index (χ2n) is 6.49. The molecule has 8 nitrogen and oxygen atoms in total. The lowest BCUT2D eigenvalue weighted by molar-refractivity contribution is 0.316. The van der Waals surface area contributed by atoms with Crippen LogP contribution in [0.4, 0.5) is 0 Å². The van der Waals surface area contributed by atoms with Gasteiger partial charge in [-0.2, -0.15) is 0 Å². The van der Waals surface area contributed by atoms with E-state index in [4.69, 9.17) is 9.47 Å². The van der Waals surface area contributed by atoms with Gasteiger partial charge in [-0.1, -0.05) is 6.42 Å². The molecule has 0 spiro atoms. The van der Waals surface area contributed by atoms with Gasteiger partial charge in [-0.05, 0) is 30.9 Å². The first-order valence-corrected chi connectivity index (χ1v) is 10.8. The van der Waals surface area contributed by atoms with Crippen LogP contribution in [0.5, 0.6) is 11.5 Å². The maximum absolute atomic E-state index is 12.0. The Kier molecular flexibility index (Phi) is 8.18. The quantitative estimate of drug-likeness (QED) is 0.403. The van der Waals surface area contributed by atoms with Gasteiger partial charge >= 0.3 is 0 Å². The molecule has 0 heterocycles. The van der Waals surface area contributed by atoms with E-state index in [1.165, 1.54) is 6.42 Å². The molecular formula is C18H30N4O4S. The molecule has 0 bridgehead atoms. The molecule has 1 aliphatic rings. The van der Waals surface area contributed by atoms with Crippen LogP contribution in [0.1, 0.15) is 24.8 Å². The van der Waals surface area contributed by atoms with Crippen LogP contribution < -0.4 is 24.8 Å². The molecule has 1 aromatic rings. The molecule has 3 N–H and O–H groups in total. The Bertz CT molecular complexity index is 733. The number of aliphatic imine (C=N–C) groups is 1. The number of benzene rings is 1. The topological polar surface area (TPSA) is 101 Å². The maximum Gasteiger partial charge on any atom is 0.213 e. The van der Waals surface area contributed by atoms with E-state index in [-0.39, 0.29) is 12.3 Å². The van der Waals surface area contributed by atoms with Crippen LogP contribution in [0.2, 0.25) is 0 Å². The highest BCUT2D eigenvalue weighted by atomic mass is 32.2. The lowest BCUT2D eigenvalue weighted by Gasteiger charge is -2.25. The molecule has 152 valence electrons. The second kappa shape index (κ2) is 10.4. The van der Waals surface area contributed by atoms with E-state index in [1.807, 2.05) is 18.2 Å². The first-order chi connectivity index (χ1) is 13.0. The smallest absolute Gasteiger partial charge is 0.213 e. The Hall–Kier alpha value is -2.00. The number of sulfonamides is 1. The summed E-state index contributed by atoms with van der Waals surface area (Å²) in [5.74, 6) is 2.47. The molecular weight excluding hydrogens is 368 g/mol. The summed E-state index contributed by atoms with van der Waals surface area (Å²) in [5.41, 5.74) is 0.941. The van der Waals surface area contributed by atoms with E-state index in [0.717, 1.165) is 24.2 Å². The minimum atomic E-state index is -3.27. The van der Waals surface area contributed by atoms with E-state index in [0.29, 0.717) is 30.7 Å². The van der Waals surface area contributed by atoms with Crippen molar-refractivity contribution < 1.29 is 17.9 Å². The van der Waals surface area contributed by atoms with Gasteiger partial charge in [-0.3, -0.25) is 4.99 Å². The average molecular weight is 399 g/mol.